The summed E-state index contributed by atoms with van der Waals surface area (Å²) in [5.74, 6) is 0.582. The second kappa shape index (κ2) is 11.9. The number of ether oxygens (including phenoxy) is 3. The summed E-state index contributed by atoms with van der Waals surface area (Å²) < 4.78 is 17.7. The van der Waals surface area contributed by atoms with Crippen molar-refractivity contribution < 1.29 is 23.8 Å². The Kier molecular flexibility index (Phi) is 8.66. The quantitative estimate of drug-likeness (QED) is 0.360. The van der Waals surface area contributed by atoms with Gasteiger partial charge in [0.1, 0.15) is 4.32 Å². The number of carbonyl (C=O) groups excluding carboxylic acids is 2. The highest BCUT2D eigenvalue weighted by Gasteiger charge is 2.34. The van der Waals surface area contributed by atoms with Crippen LogP contribution < -0.4 is 14.8 Å². The Hall–Kier alpha value is -2.88. The van der Waals surface area contributed by atoms with Crippen LogP contribution in [-0.4, -0.2) is 53.5 Å². The molecule has 2 aromatic carbocycles. The predicted molar refractivity (Wildman–Crippen MR) is 147 cm³/mol. The lowest BCUT2D eigenvalue weighted by Crippen LogP contribution is -2.35. The Balaban J connectivity index is 1.42. The average Bonchev–Trinajstić information content (AvgIpc) is 3.42. The molecule has 9 heteroatoms. The molecule has 7 nitrogen and oxygen atoms in total. The van der Waals surface area contributed by atoms with Crippen LogP contribution >= 0.6 is 24.0 Å². The maximum Gasteiger partial charge on any atom is 0.266 e. The van der Waals surface area contributed by atoms with Gasteiger partial charge in [0.05, 0.1) is 24.2 Å². The van der Waals surface area contributed by atoms with E-state index in [-0.39, 0.29) is 24.5 Å². The molecule has 2 aliphatic heterocycles. The van der Waals surface area contributed by atoms with Gasteiger partial charge in [-0.05, 0) is 80.6 Å². The lowest BCUT2D eigenvalue weighted by molar-refractivity contribution is -0.123. The monoisotopic (exact) mass is 526 g/mol. The minimum absolute atomic E-state index is 0.0416. The maximum atomic E-state index is 12.9. The molecule has 2 heterocycles. The number of benzene rings is 2. The van der Waals surface area contributed by atoms with Crippen molar-refractivity contribution >= 4 is 51.9 Å². The topological polar surface area (TPSA) is 77.1 Å². The Bertz CT molecular complexity index is 1170. The van der Waals surface area contributed by atoms with Gasteiger partial charge in [0, 0.05) is 12.3 Å². The van der Waals surface area contributed by atoms with Gasteiger partial charge in [-0.15, -0.1) is 0 Å². The zero-order valence-electron chi connectivity index (χ0n) is 20.7. The van der Waals surface area contributed by atoms with Gasteiger partial charge in [-0.3, -0.25) is 14.5 Å². The predicted octanol–water partition coefficient (Wildman–Crippen LogP) is 5.10. The summed E-state index contributed by atoms with van der Waals surface area (Å²) in [5.41, 5.74) is 3.66. The van der Waals surface area contributed by atoms with E-state index in [0.717, 1.165) is 41.8 Å². The normalized spacial score (nSPS) is 18.7. The lowest BCUT2D eigenvalue weighted by atomic mass is 10.1. The lowest BCUT2D eigenvalue weighted by Gasteiger charge is -2.18. The van der Waals surface area contributed by atoms with Crippen molar-refractivity contribution in [3.63, 3.8) is 0 Å². The van der Waals surface area contributed by atoms with E-state index >= 15 is 0 Å². The van der Waals surface area contributed by atoms with Crippen molar-refractivity contribution in [2.45, 2.75) is 39.7 Å². The highest BCUT2D eigenvalue weighted by molar-refractivity contribution is 8.26. The van der Waals surface area contributed by atoms with Gasteiger partial charge in [-0.1, -0.05) is 36.1 Å². The molecule has 2 saturated heterocycles. The smallest absolute Gasteiger partial charge is 0.266 e. The first-order valence-corrected chi connectivity index (χ1v) is 13.2. The summed E-state index contributed by atoms with van der Waals surface area (Å²) in [5, 5.41) is 2.86. The van der Waals surface area contributed by atoms with Gasteiger partial charge in [-0.2, -0.15) is 0 Å². The summed E-state index contributed by atoms with van der Waals surface area (Å²) in [6.45, 7) is 7.33. The molecule has 2 aliphatic rings. The highest BCUT2D eigenvalue weighted by Crippen LogP contribution is 2.35. The molecule has 36 heavy (non-hydrogen) atoms. The van der Waals surface area contributed by atoms with E-state index in [1.54, 1.807) is 23.1 Å². The van der Waals surface area contributed by atoms with Crippen molar-refractivity contribution in [1.82, 2.24) is 4.90 Å². The van der Waals surface area contributed by atoms with Crippen LogP contribution in [-0.2, 0) is 14.3 Å². The van der Waals surface area contributed by atoms with Gasteiger partial charge in [0.15, 0.2) is 18.1 Å². The van der Waals surface area contributed by atoms with Crippen LogP contribution in [0.5, 0.6) is 11.5 Å². The number of hydrogen-bond donors (Lipinski definition) is 1. The molecule has 2 aromatic rings. The van der Waals surface area contributed by atoms with Gasteiger partial charge < -0.3 is 19.5 Å². The minimum atomic E-state index is -0.263. The number of thiocarbonyl (C=S) groups is 1. The van der Waals surface area contributed by atoms with Crippen LogP contribution in [0.4, 0.5) is 5.69 Å². The van der Waals surface area contributed by atoms with Crippen molar-refractivity contribution in [1.29, 1.82) is 0 Å². The molecule has 1 N–H and O–H groups in total. The van der Waals surface area contributed by atoms with Crippen LogP contribution in [0.2, 0.25) is 0 Å². The summed E-state index contributed by atoms with van der Waals surface area (Å²) >= 11 is 6.73. The van der Waals surface area contributed by atoms with Gasteiger partial charge >= 0.3 is 0 Å². The summed E-state index contributed by atoms with van der Waals surface area (Å²) in [6.07, 6.45) is 3.79. The molecule has 2 fully saturated rings. The standard InChI is InChI=1S/C27H30N2O5S2/c1-4-32-23-13-19(14-24-26(31)29(27(35)36-24)15-21-6-5-9-33-21)7-8-22(23)34-16-25(30)28-20-11-17(2)10-18(3)12-20/h7-8,10-14,21H,4-6,9,15-16H2,1-3H3,(H,28,30)/b24-14-/t21-/m1/s1. The molecule has 2 amide bonds. The van der Waals surface area contributed by atoms with E-state index in [1.807, 2.05) is 45.0 Å². The molecule has 0 unspecified atom stereocenters. The molecule has 0 spiro atoms. The highest BCUT2D eigenvalue weighted by atomic mass is 32.2. The molecular formula is C27H30N2O5S2. The second-order valence-electron chi connectivity index (χ2n) is 8.78. The number of rotatable bonds is 9. The van der Waals surface area contributed by atoms with Gasteiger partial charge in [0.2, 0.25) is 0 Å². The average molecular weight is 527 g/mol. The Morgan fingerprint density at radius 2 is 1.97 bits per heavy atom. The third-order valence-corrected chi connectivity index (χ3v) is 7.09. The largest absolute Gasteiger partial charge is 0.490 e. The van der Waals surface area contributed by atoms with Gasteiger partial charge in [-0.25, -0.2) is 0 Å². The molecule has 1 atom stereocenters. The van der Waals surface area contributed by atoms with E-state index in [1.165, 1.54) is 11.8 Å². The molecule has 0 aromatic heterocycles. The van der Waals surface area contributed by atoms with Crippen LogP contribution in [0.15, 0.2) is 41.3 Å². The van der Waals surface area contributed by atoms with Crippen molar-refractivity contribution in [2.75, 3.05) is 31.7 Å². The molecule has 0 saturated carbocycles. The van der Waals surface area contributed by atoms with E-state index in [9.17, 15) is 9.59 Å². The number of nitrogens with zero attached hydrogens (tertiary/aromatic N) is 1. The third-order valence-electron chi connectivity index (χ3n) is 5.71. The van der Waals surface area contributed by atoms with Crippen molar-refractivity contribution in [3.05, 3.63) is 58.0 Å². The molecule has 4 rings (SSSR count). The fourth-order valence-electron chi connectivity index (χ4n) is 4.19. The summed E-state index contributed by atoms with van der Waals surface area (Å²) in [6, 6.07) is 11.2. The van der Waals surface area contributed by atoms with E-state index in [4.69, 9.17) is 26.4 Å². The second-order valence-corrected chi connectivity index (χ2v) is 10.5. The summed E-state index contributed by atoms with van der Waals surface area (Å²) in [4.78, 5) is 27.6. The fraction of sp³-hybridized carbons (Fsp3) is 0.370. The number of anilines is 1. The van der Waals surface area contributed by atoms with Crippen LogP contribution in [0.3, 0.4) is 0 Å². The molecule has 0 aliphatic carbocycles. The Labute approximate surface area is 221 Å². The zero-order chi connectivity index (χ0) is 25.7. The molecule has 0 bridgehead atoms. The van der Waals surface area contributed by atoms with Gasteiger partial charge in [0.25, 0.3) is 11.8 Å². The Morgan fingerprint density at radius 3 is 2.67 bits per heavy atom. The molecule has 0 radical (unpaired) electrons. The number of aryl methyl sites for hydroxylation is 2. The fourth-order valence-corrected chi connectivity index (χ4v) is 5.46. The SMILES string of the molecule is CCOc1cc(/C=C2\SC(=S)N(C[C@H]3CCCO3)C2=O)ccc1OCC(=O)Nc1cc(C)cc(C)c1. The van der Waals surface area contributed by atoms with Crippen LogP contribution in [0.25, 0.3) is 6.08 Å². The third kappa shape index (κ3) is 6.66. The van der Waals surface area contributed by atoms with Crippen LogP contribution in [0.1, 0.15) is 36.5 Å². The number of amides is 2. The number of nitrogens with one attached hydrogen (secondary N) is 1. The number of hydrogen-bond acceptors (Lipinski definition) is 7. The Morgan fingerprint density at radius 1 is 1.19 bits per heavy atom. The van der Waals surface area contributed by atoms with E-state index < -0.39 is 0 Å². The number of thioether (sulfide) groups is 1. The van der Waals surface area contributed by atoms with Crippen molar-refractivity contribution in [3.8, 4) is 11.5 Å². The van der Waals surface area contributed by atoms with E-state index in [2.05, 4.69) is 5.32 Å². The maximum absolute atomic E-state index is 12.9. The first-order valence-electron chi connectivity index (χ1n) is 12.0. The minimum Gasteiger partial charge on any atom is -0.490 e. The van der Waals surface area contributed by atoms with E-state index in [0.29, 0.717) is 33.9 Å². The first-order chi connectivity index (χ1) is 17.3. The first kappa shape index (κ1) is 26.2. The molecule has 190 valence electrons. The van der Waals surface area contributed by atoms with Crippen molar-refractivity contribution in [2.24, 2.45) is 0 Å². The summed E-state index contributed by atoms with van der Waals surface area (Å²) in [7, 11) is 0. The van der Waals surface area contributed by atoms with Crippen LogP contribution in [0, 0.1) is 13.8 Å². The number of carbonyl (C=O) groups is 2. The zero-order valence-corrected chi connectivity index (χ0v) is 22.3. The molecular weight excluding hydrogens is 496 g/mol.